The minimum Gasteiger partial charge on any atom is -0.396 e. The maximum absolute atomic E-state index is 9.47. The molecule has 1 unspecified atom stereocenters. The third-order valence-corrected chi connectivity index (χ3v) is 3.57. The molecular formula is C15H24O. The highest BCUT2D eigenvalue weighted by Gasteiger charge is 2.17. The summed E-state index contributed by atoms with van der Waals surface area (Å²) < 4.78 is 0. The summed E-state index contributed by atoms with van der Waals surface area (Å²) in [4.78, 5) is 0. The summed E-state index contributed by atoms with van der Waals surface area (Å²) >= 11 is 0. The van der Waals surface area contributed by atoms with Crippen molar-refractivity contribution in [2.24, 2.45) is 11.8 Å². The second kappa shape index (κ2) is 6.70. The van der Waals surface area contributed by atoms with Crippen molar-refractivity contribution in [1.82, 2.24) is 0 Å². The minimum atomic E-state index is 0.306. The van der Waals surface area contributed by atoms with E-state index in [1.165, 1.54) is 11.1 Å². The topological polar surface area (TPSA) is 20.2 Å². The lowest BCUT2D eigenvalue weighted by atomic mass is 9.84. The minimum absolute atomic E-state index is 0.306. The van der Waals surface area contributed by atoms with E-state index in [0.29, 0.717) is 18.4 Å². The fraction of sp³-hybridized carbons (Fsp3) is 0.600. The van der Waals surface area contributed by atoms with Crippen molar-refractivity contribution in [3.8, 4) is 0 Å². The van der Waals surface area contributed by atoms with Gasteiger partial charge in [0.25, 0.3) is 0 Å². The number of benzene rings is 1. The Morgan fingerprint density at radius 1 is 1.00 bits per heavy atom. The third-order valence-electron chi connectivity index (χ3n) is 3.57. The second-order valence-electron chi connectivity index (χ2n) is 4.71. The van der Waals surface area contributed by atoms with Crippen LogP contribution in [0.15, 0.2) is 24.3 Å². The summed E-state index contributed by atoms with van der Waals surface area (Å²) in [6, 6.07) is 8.66. The molecule has 1 nitrogen and oxygen atoms in total. The highest BCUT2D eigenvalue weighted by Crippen LogP contribution is 2.23. The van der Waals surface area contributed by atoms with Gasteiger partial charge >= 0.3 is 0 Å². The van der Waals surface area contributed by atoms with E-state index in [-0.39, 0.29) is 0 Å². The number of hydrogen-bond donors (Lipinski definition) is 1. The molecule has 1 aromatic rings. The van der Waals surface area contributed by atoms with E-state index >= 15 is 0 Å². The van der Waals surface area contributed by atoms with E-state index in [0.717, 1.165) is 19.3 Å². The lowest BCUT2D eigenvalue weighted by Gasteiger charge is -2.23. The Bertz CT molecular complexity index is 285. The first-order valence-corrected chi connectivity index (χ1v) is 6.37. The zero-order valence-electron chi connectivity index (χ0n) is 10.7. The van der Waals surface area contributed by atoms with Crippen LogP contribution in [0.1, 0.15) is 37.8 Å². The van der Waals surface area contributed by atoms with Gasteiger partial charge in [0.1, 0.15) is 0 Å². The molecular weight excluding hydrogens is 196 g/mol. The van der Waals surface area contributed by atoms with Gasteiger partial charge in [-0.05, 0) is 30.7 Å². The number of aliphatic hydroxyl groups excluding tert-OH is 1. The van der Waals surface area contributed by atoms with Crippen molar-refractivity contribution in [3.63, 3.8) is 0 Å². The average Bonchev–Trinajstić information content (AvgIpc) is 2.32. The van der Waals surface area contributed by atoms with Crippen LogP contribution in [-0.2, 0) is 6.42 Å². The Kier molecular flexibility index (Phi) is 5.54. The Morgan fingerprint density at radius 3 is 2.00 bits per heavy atom. The molecule has 0 aromatic heterocycles. The Hall–Kier alpha value is -0.820. The number of hydrogen-bond acceptors (Lipinski definition) is 1. The molecule has 1 N–H and O–H groups in total. The van der Waals surface area contributed by atoms with Crippen molar-refractivity contribution in [1.29, 1.82) is 0 Å². The number of rotatable bonds is 6. The molecule has 0 aliphatic rings. The van der Waals surface area contributed by atoms with E-state index in [9.17, 15) is 5.11 Å². The molecule has 0 spiro atoms. The van der Waals surface area contributed by atoms with Crippen LogP contribution in [0, 0.1) is 18.8 Å². The largest absolute Gasteiger partial charge is 0.396 e. The monoisotopic (exact) mass is 220 g/mol. The van der Waals surface area contributed by atoms with E-state index in [4.69, 9.17) is 0 Å². The van der Waals surface area contributed by atoms with Crippen molar-refractivity contribution < 1.29 is 5.11 Å². The molecule has 1 aromatic carbocycles. The average molecular weight is 220 g/mol. The van der Waals surface area contributed by atoms with Gasteiger partial charge in [-0.3, -0.25) is 0 Å². The lowest BCUT2D eigenvalue weighted by Crippen LogP contribution is -2.20. The highest BCUT2D eigenvalue weighted by molar-refractivity contribution is 5.21. The zero-order valence-corrected chi connectivity index (χ0v) is 10.7. The Morgan fingerprint density at radius 2 is 1.56 bits per heavy atom. The molecule has 0 heterocycles. The van der Waals surface area contributed by atoms with Gasteiger partial charge in [-0.1, -0.05) is 56.5 Å². The quantitative estimate of drug-likeness (QED) is 0.777. The SMILES string of the molecule is CCC(CC)C(CO)Cc1ccc(C)cc1. The molecule has 0 aliphatic heterocycles. The van der Waals surface area contributed by atoms with E-state index in [2.05, 4.69) is 45.0 Å². The highest BCUT2D eigenvalue weighted by atomic mass is 16.3. The fourth-order valence-corrected chi connectivity index (χ4v) is 2.36. The van der Waals surface area contributed by atoms with Crippen LogP contribution in [0.25, 0.3) is 0 Å². The Balaban J connectivity index is 2.65. The van der Waals surface area contributed by atoms with Crippen LogP contribution in [0.2, 0.25) is 0 Å². The van der Waals surface area contributed by atoms with Gasteiger partial charge in [-0.15, -0.1) is 0 Å². The maximum Gasteiger partial charge on any atom is 0.0465 e. The van der Waals surface area contributed by atoms with Crippen LogP contribution in [0.5, 0.6) is 0 Å². The molecule has 1 heteroatoms. The lowest BCUT2D eigenvalue weighted by molar-refractivity contribution is 0.167. The second-order valence-corrected chi connectivity index (χ2v) is 4.71. The number of aliphatic hydroxyl groups is 1. The summed E-state index contributed by atoms with van der Waals surface area (Å²) in [7, 11) is 0. The number of aryl methyl sites for hydroxylation is 1. The van der Waals surface area contributed by atoms with Gasteiger partial charge < -0.3 is 5.11 Å². The van der Waals surface area contributed by atoms with Gasteiger partial charge in [-0.25, -0.2) is 0 Å². The molecule has 0 aliphatic carbocycles. The summed E-state index contributed by atoms with van der Waals surface area (Å²) in [6.07, 6.45) is 3.32. The molecule has 0 fully saturated rings. The molecule has 0 saturated heterocycles. The first-order chi connectivity index (χ1) is 7.71. The molecule has 0 saturated carbocycles. The molecule has 0 amide bonds. The molecule has 1 atom stereocenters. The van der Waals surface area contributed by atoms with E-state index < -0.39 is 0 Å². The molecule has 16 heavy (non-hydrogen) atoms. The van der Waals surface area contributed by atoms with Crippen LogP contribution in [0.3, 0.4) is 0 Å². The van der Waals surface area contributed by atoms with Crippen molar-refractivity contribution in [3.05, 3.63) is 35.4 Å². The van der Waals surface area contributed by atoms with Crippen LogP contribution >= 0.6 is 0 Å². The van der Waals surface area contributed by atoms with E-state index in [1.807, 2.05) is 0 Å². The maximum atomic E-state index is 9.47. The smallest absolute Gasteiger partial charge is 0.0465 e. The predicted molar refractivity (Wildman–Crippen MR) is 69.5 cm³/mol. The predicted octanol–water partition coefficient (Wildman–Crippen LogP) is 3.58. The summed E-state index contributed by atoms with van der Waals surface area (Å²) in [5.74, 6) is 1.06. The standard InChI is InChI=1S/C15H24O/c1-4-14(5-2)15(11-16)10-13-8-6-12(3)7-9-13/h6-9,14-16H,4-5,10-11H2,1-3H3. The van der Waals surface area contributed by atoms with Gasteiger partial charge in [-0.2, -0.15) is 0 Å². The normalized spacial score (nSPS) is 13.1. The Labute approximate surface area is 99.5 Å². The molecule has 0 radical (unpaired) electrons. The van der Waals surface area contributed by atoms with Gasteiger partial charge in [0, 0.05) is 6.61 Å². The van der Waals surface area contributed by atoms with Crippen molar-refractivity contribution >= 4 is 0 Å². The van der Waals surface area contributed by atoms with Gasteiger partial charge in [0.05, 0.1) is 0 Å². The third kappa shape index (κ3) is 3.64. The van der Waals surface area contributed by atoms with Gasteiger partial charge in [0.2, 0.25) is 0 Å². The van der Waals surface area contributed by atoms with Gasteiger partial charge in [0.15, 0.2) is 0 Å². The van der Waals surface area contributed by atoms with Crippen molar-refractivity contribution in [2.75, 3.05) is 6.61 Å². The van der Waals surface area contributed by atoms with Crippen LogP contribution in [0.4, 0.5) is 0 Å². The van der Waals surface area contributed by atoms with Crippen LogP contribution in [-0.4, -0.2) is 11.7 Å². The van der Waals surface area contributed by atoms with E-state index in [1.54, 1.807) is 0 Å². The summed E-state index contributed by atoms with van der Waals surface area (Å²) in [5.41, 5.74) is 2.64. The molecule has 0 bridgehead atoms. The first-order valence-electron chi connectivity index (χ1n) is 6.37. The van der Waals surface area contributed by atoms with Crippen LogP contribution < -0.4 is 0 Å². The molecule has 90 valence electrons. The molecule has 1 rings (SSSR count). The zero-order chi connectivity index (χ0) is 12.0. The van der Waals surface area contributed by atoms with Crippen molar-refractivity contribution in [2.45, 2.75) is 40.0 Å². The fourth-order valence-electron chi connectivity index (χ4n) is 2.36. The summed E-state index contributed by atoms with van der Waals surface area (Å²) in [5, 5.41) is 9.47. The summed E-state index contributed by atoms with van der Waals surface area (Å²) in [6.45, 7) is 6.84. The first kappa shape index (κ1) is 13.2.